The molecule has 3 rings (SSSR count). The van der Waals surface area contributed by atoms with Gasteiger partial charge in [-0.15, -0.1) is 0 Å². The minimum Gasteiger partial charge on any atom is -0.469 e. The first kappa shape index (κ1) is 17.6. The number of carbonyl (C=O) groups is 3. The first-order chi connectivity index (χ1) is 12.0. The molecule has 6 nitrogen and oxygen atoms in total. The van der Waals surface area contributed by atoms with Gasteiger partial charge in [-0.3, -0.25) is 19.3 Å². The van der Waals surface area contributed by atoms with Crippen molar-refractivity contribution in [1.82, 2.24) is 4.90 Å². The Morgan fingerprint density at radius 3 is 2.60 bits per heavy atom. The molecule has 0 unspecified atom stereocenters. The molecular formula is C17H16N2O4S2. The van der Waals surface area contributed by atoms with Crippen molar-refractivity contribution in [3.8, 4) is 0 Å². The van der Waals surface area contributed by atoms with Gasteiger partial charge in [-0.1, -0.05) is 42.2 Å². The topological polar surface area (TPSA) is 66.9 Å². The molecule has 2 aliphatic heterocycles. The Kier molecular flexibility index (Phi) is 4.91. The first-order valence-electron chi connectivity index (χ1n) is 7.75. The number of carbonyl (C=O) groups excluding carboxylic acids is 3. The maximum absolute atomic E-state index is 12.8. The van der Waals surface area contributed by atoms with E-state index in [2.05, 4.69) is 4.74 Å². The van der Waals surface area contributed by atoms with Crippen LogP contribution in [0.15, 0.2) is 29.2 Å². The number of benzene rings is 1. The summed E-state index contributed by atoms with van der Waals surface area (Å²) in [4.78, 5) is 40.3. The number of nitrogens with zero attached hydrogens (tertiary/aromatic N) is 2. The molecule has 0 aromatic heterocycles. The van der Waals surface area contributed by atoms with E-state index in [1.54, 1.807) is 4.90 Å². The van der Waals surface area contributed by atoms with Crippen molar-refractivity contribution in [2.45, 2.75) is 13.3 Å². The predicted molar refractivity (Wildman–Crippen MR) is 99.9 cm³/mol. The molecule has 0 radical (unpaired) electrons. The van der Waals surface area contributed by atoms with Gasteiger partial charge in [0.15, 0.2) is 0 Å². The normalized spacial score (nSPS) is 19.7. The maximum atomic E-state index is 12.8. The largest absolute Gasteiger partial charge is 0.469 e. The summed E-state index contributed by atoms with van der Waals surface area (Å²) in [6, 6.07) is 7.39. The number of anilines is 1. The van der Waals surface area contributed by atoms with Gasteiger partial charge in [-0.05, 0) is 13.0 Å². The molecule has 2 amide bonds. The molecule has 2 aliphatic rings. The minimum absolute atomic E-state index is 0.0527. The second kappa shape index (κ2) is 6.97. The van der Waals surface area contributed by atoms with E-state index in [1.165, 1.54) is 12.0 Å². The van der Waals surface area contributed by atoms with Gasteiger partial charge in [0.25, 0.3) is 11.8 Å². The van der Waals surface area contributed by atoms with Gasteiger partial charge in [-0.25, -0.2) is 0 Å². The highest BCUT2D eigenvalue weighted by atomic mass is 32.2. The van der Waals surface area contributed by atoms with Crippen LogP contribution in [0.4, 0.5) is 5.69 Å². The van der Waals surface area contributed by atoms with Crippen LogP contribution >= 0.6 is 24.0 Å². The highest BCUT2D eigenvalue weighted by Gasteiger charge is 2.41. The number of methoxy groups -OCH3 is 1. The van der Waals surface area contributed by atoms with E-state index in [9.17, 15) is 14.4 Å². The fraction of sp³-hybridized carbons (Fsp3) is 0.294. The van der Waals surface area contributed by atoms with Crippen LogP contribution in [-0.4, -0.2) is 47.2 Å². The van der Waals surface area contributed by atoms with Gasteiger partial charge in [-0.2, -0.15) is 0 Å². The molecule has 8 heteroatoms. The lowest BCUT2D eigenvalue weighted by molar-refractivity contribution is -0.141. The lowest BCUT2D eigenvalue weighted by atomic mass is 10.1. The summed E-state index contributed by atoms with van der Waals surface area (Å²) in [5, 5.41) is 0. The summed E-state index contributed by atoms with van der Waals surface area (Å²) in [6.07, 6.45) is 0.0527. The average Bonchev–Trinajstić information content (AvgIpc) is 3.05. The quantitative estimate of drug-likeness (QED) is 0.456. The van der Waals surface area contributed by atoms with E-state index in [1.807, 2.05) is 31.2 Å². The molecule has 0 saturated carbocycles. The van der Waals surface area contributed by atoms with Crippen LogP contribution in [0.3, 0.4) is 0 Å². The Hall–Kier alpha value is -2.19. The fourth-order valence-electron chi connectivity index (χ4n) is 2.86. The molecule has 1 saturated heterocycles. The molecule has 130 valence electrons. The third kappa shape index (κ3) is 2.96. The Bertz CT molecular complexity index is 819. The van der Waals surface area contributed by atoms with E-state index in [-0.39, 0.29) is 24.8 Å². The number of para-hydroxylation sites is 1. The van der Waals surface area contributed by atoms with Crippen molar-refractivity contribution >= 4 is 57.3 Å². The van der Waals surface area contributed by atoms with Crippen molar-refractivity contribution in [3.63, 3.8) is 0 Å². The van der Waals surface area contributed by atoms with E-state index in [0.29, 0.717) is 21.3 Å². The number of ether oxygens (including phenoxy) is 1. The molecule has 0 spiro atoms. The number of fused-ring (bicyclic) bond motifs is 1. The summed E-state index contributed by atoms with van der Waals surface area (Å²) in [5.74, 6) is -0.951. The highest BCUT2D eigenvalue weighted by molar-refractivity contribution is 8.26. The smallest absolute Gasteiger partial charge is 0.307 e. The number of amides is 2. The Morgan fingerprint density at radius 1 is 1.20 bits per heavy atom. The number of hydrogen-bond donors (Lipinski definition) is 0. The second-order valence-electron chi connectivity index (χ2n) is 5.42. The van der Waals surface area contributed by atoms with Crippen molar-refractivity contribution in [1.29, 1.82) is 0 Å². The van der Waals surface area contributed by atoms with Gasteiger partial charge in [0, 0.05) is 18.7 Å². The fourth-order valence-corrected chi connectivity index (χ4v) is 4.24. The molecule has 0 bridgehead atoms. The Morgan fingerprint density at radius 2 is 1.92 bits per heavy atom. The molecule has 1 aromatic rings. The first-order valence-corrected chi connectivity index (χ1v) is 8.98. The van der Waals surface area contributed by atoms with Gasteiger partial charge in [0.1, 0.15) is 4.32 Å². The van der Waals surface area contributed by atoms with Crippen molar-refractivity contribution in [2.24, 2.45) is 0 Å². The van der Waals surface area contributed by atoms with E-state index >= 15 is 0 Å². The summed E-state index contributed by atoms with van der Waals surface area (Å²) < 4.78 is 4.94. The Balaban J connectivity index is 1.98. The van der Waals surface area contributed by atoms with Crippen molar-refractivity contribution < 1.29 is 19.1 Å². The van der Waals surface area contributed by atoms with Crippen molar-refractivity contribution in [3.05, 3.63) is 34.7 Å². The van der Waals surface area contributed by atoms with Crippen LogP contribution in [0.25, 0.3) is 5.57 Å². The second-order valence-corrected chi connectivity index (χ2v) is 7.07. The van der Waals surface area contributed by atoms with E-state index < -0.39 is 5.97 Å². The minimum atomic E-state index is -0.416. The van der Waals surface area contributed by atoms with Gasteiger partial charge in [0.05, 0.1) is 29.7 Å². The number of esters is 1. The number of thioether (sulfide) groups is 1. The third-order valence-electron chi connectivity index (χ3n) is 4.08. The number of thiocarbonyl (C=S) groups is 1. The molecule has 25 heavy (non-hydrogen) atoms. The van der Waals surface area contributed by atoms with Crippen LogP contribution in [-0.2, 0) is 19.1 Å². The number of rotatable bonds is 4. The lowest BCUT2D eigenvalue weighted by Crippen LogP contribution is -2.31. The molecule has 0 N–H and O–H groups in total. The lowest BCUT2D eigenvalue weighted by Gasteiger charge is -2.14. The predicted octanol–water partition coefficient (Wildman–Crippen LogP) is 2.19. The highest BCUT2D eigenvalue weighted by Crippen LogP contribution is 2.44. The molecule has 0 atom stereocenters. The SMILES string of the molecule is CCN1C(=O)/C(=C2\SC(=S)N(CCC(=O)OC)C2=O)c2ccccc21. The van der Waals surface area contributed by atoms with Gasteiger partial charge in [0.2, 0.25) is 0 Å². The molecule has 1 fully saturated rings. The monoisotopic (exact) mass is 376 g/mol. The zero-order chi connectivity index (χ0) is 18.1. The number of likely N-dealkylation sites (N-methyl/N-ethyl adjacent to an activating group) is 1. The Labute approximate surface area is 154 Å². The van der Waals surface area contributed by atoms with Crippen LogP contribution < -0.4 is 4.90 Å². The molecule has 0 aliphatic carbocycles. The van der Waals surface area contributed by atoms with Crippen LogP contribution in [0, 0.1) is 0 Å². The summed E-state index contributed by atoms with van der Waals surface area (Å²) in [6.45, 7) is 2.54. The van der Waals surface area contributed by atoms with Gasteiger partial charge < -0.3 is 9.64 Å². The molecule has 2 heterocycles. The number of hydrogen-bond acceptors (Lipinski definition) is 6. The average molecular weight is 376 g/mol. The van der Waals surface area contributed by atoms with Crippen LogP contribution in [0.5, 0.6) is 0 Å². The standard InChI is InChI=1S/C17H16N2O4S2/c1-3-18-11-7-5-4-6-10(11)13(15(18)21)14-16(22)19(17(24)25-14)9-8-12(20)23-2/h4-7H,3,8-9H2,1-2H3/b14-13-. The molecule has 1 aromatic carbocycles. The van der Waals surface area contributed by atoms with Crippen LogP contribution in [0.1, 0.15) is 18.9 Å². The summed E-state index contributed by atoms with van der Waals surface area (Å²) in [7, 11) is 1.29. The summed E-state index contributed by atoms with van der Waals surface area (Å²) >= 11 is 6.38. The maximum Gasteiger partial charge on any atom is 0.307 e. The van der Waals surface area contributed by atoms with Crippen LogP contribution in [0.2, 0.25) is 0 Å². The molecular weight excluding hydrogens is 360 g/mol. The van der Waals surface area contributed by atoms with Crippen molar-refractivity contribution in [2.75, 3.05) is 25.1 Å². The third-order valence-corrected chi connectivity index (χ3v) is 5.53. The zero-order valence-electron chi connectivity index (χ0n) is 13.8. The van der Waals surface area contributed by atoms with E-state index in [0.717, 1.165) is 23.0 Å². The zero-order valence-corrected chi connectivity index (χ0v) is 15.4. The summed E-state index contributed by atoms with van der Waals surface area (Å²) in [5.41, 5.74) is 1.92. The van der Waals surface area contributed by atoms with Gasteiger partial charge >= 0.3 is 5.97 Å². The van der Waals surface area contributed by atoms with E-state index in [4.69, 9.17) is 12.2 Å².